The molecule has 8 heteroatoms. The fraction of sp³-hybridized carbons (Fsp3) is 0.407. The summed E-state index contributed by atoms with van der Waals surface area (Å²) in [5, 5.41) is 8.32. The highest BCUT2D eigenvalue weighted by Gasteiger charge is 2.21. The van der Waals surface area contributed by atoms with Crippen molar-refractivity contribution < 1.29 is 9.53 Å². The van der Waals surface area contributed by atoms with Crippen LogP contribution in [-0.2, 0) is 17.8 Å². The lowest BCUT2D eigenvalue weighted by Gasteiger charge is -2.34. The number of rotatable bonds is 10. The number of nitrogens with one attached hydrogen (secondary N) is 1. The van der Waals surface area contributed by atoms with Gasteiger partial charge in [0.15, 0.2) is 5.82 Å². The standard InChI is InChI=1S/C27H33N5O3/c1-2-3-18-35-23-11-7-10-22(19-23)26-28-27(34)24(29-30-26)12-13-25(33)32-16-14-31(15-17-32)20-21-8-5-4-6-9-21/h4-11,19H,2-3,12-18,20H2,1H3,(H,28,30,34). The number of unbranched alkanes of at least 4 members (excludes halogenated alkanes) is 1. The Morgan fingerprint density at radius 3 is 2.57 bits per heavy atom. The number of benzene rings is 2. The normalized spacial score (nSPS) is 14.1. The van der Waals surface area contributed by atoms with Gasteiger partial charge in [-0.15, -0.1) is 10.2 Å². The van der Waals surface area contributed by atoms with Gasteiger partial charge in [-0.25, -0.2) is 0 Å². The van der Waals surface area contributed by atoms with Crippen LogP contribution in [0.25, 0.3) is 11.4 Å². The van der Waals surface area contributed by atoms with E-state index in [0.29, 0.717) is 25.5 Å². The van der Waals surface area contributed by atoms with Crippen LogP contribution in [0.3, 0.4) is 0 Å². The predicted molar refractivity (Wildman–Crippen MR) is 135 cm³/mol. The van der Waals surface area contributed by atoms with Crippen LogP contribution in [0.15, 0.2) is 59.4 Å². The Balaban J connectivity index is 1.27. The Hall–Kier alpha value is -3.52. The van der Waals surface area contributed by atoms with Crippen LogP contribution >= 0.6 is 0 Å². The summed E-state index contributed by atoms with van der Waals surface area (Å²) in [6.07, 6.45) is 2.56. The smallest absolute Gasteiger partial charge is 0.273 e. The van der Waals surface area contributed by atoms with Crippen molar-refractivity contribution in [1.29, 1.82) is 0 Å². The van der Waals surface area contributed by atoms with Crippen molar-refractivity contribution in [3.8, 4) is 17.1 Å². The number of carbonyl (C=O) groups is 1. The first kappa shape index (κ1) is 24.6. The average Bonchev–Trinajstić information content (AvgIpc) is 2.89. The fourth-order valence-electron chi connectivity index (χ4n) is 4.10. The van der Waals surface area contributed by atoms with E-state index in [1.807, 2.05) is 47.4 Å². The van der Waals surface area contributed by atoms with E-state index in [1.165, 1.54) is 5.56 Å². The lowest BCUT2D eigenvalue weighted by Crippen LogP contribution is -2.48. The van der Waals surface area contributed by atoms with Crippen molar-refractivity contribution in [2.75, 3.05) is 32.8 Å². The van der Waals surface area contributed by atoms with Crippen molar-refractivity contribution >= 4 is 5.91 Å². The van der Waals surface area contributed by atoms with E-state index in [0.717, 1.165) is 43.8 Å². The molecule has 0 aliphatic carbocycles. The molecule has 184 valence electrons. The second-order valence-corrected chi connectivity index (χ2v) is 8.82. The summed E-state index contributed by atoms with van der Waals surface area (Å²) >= 11 is 0. The number of aryl methyl sites for hydroxylation is 1. The number of aromatic amines is 1. The van der Waals surface area contributed by atoms with Crippen LogP contribution in [0.1, 0.15) is 37.4 Å². The third-order valence-corrected chi connectivity index (χ3v) is 6.19. The number of ether oxygens (including phenoxy) is 1. The quantitative estimate of drug-likeness (QED) is 0.453. The molecule has 0 saturated carbocycles. The molecule has 2 heterocycles. The molecule has 0 radical (unpaired) electrons. The monoisotopic (exact) mass is 475 g/mol. The van der Waals surface area contributed by atoms with E-state index in [1.54, 1.807) is 0 Å². The second kappa shape index (κ2) is 12.3. The minimum Gasteiger partial charge on any atom is -0.494 e. The summed E-state index contributed by atoms with van der Waals surface area (Å²) in [5.41, 5.74) is 1.98. The predicted octanol–water partition coefficient (Wildman–Crippen LogP) is 3.29. The third kappa shape index (κ3) is 6.99. The molecule has 1 saturated heterocycles. The number of amides is 1. The van der Waals surface area contributed by atoms with Crippen LogP contribution in [0.2, 0.25) is 0 Å². The molecule has 1 aromatic heterocycles. The van der Waals surface area contributed by atoms with Gasteiger partial charge in [0.25, 0.3) is 5.56 Å². The molecule has 2 aromatic carbocycles. The molecule has 4 rings (SSSR count). The highest BCUT2D eigenvalue weighted by atomic mass is 16.5. The summed E-state index contributed by atoms with van der Waals surface area (Å²) in [7, 11) is 0. The topological polar surface area (TPSA) is 91.4 Å². The van der Waals surface area contributed by atoms with Gasteiger partial charge < -0.3 is 14.6 Å². The van der Waals surface area contributed by atoms with Gasteiger partial charge in [0, 0.05) is 51.1 Å². The SMILES string of the molecule is CCCCOc1cccc(-c2nnc(CCC(=O)N3CCN(Cc4ccccc4)CC3)c(=O)[nH]2)c1. The van der Waals surface area contributed by atoms with E-state index in [4.69, 9.17) is 4.74 Å². The molecule has 0 spiro atoms. The molecule has 1 aliphatic heterocycles. The second-order valence-electron chi connectivity index (χ2n) is 8.82. The molecular weight excluding hydrogens is 442 g/mol. The molecule has 35 heavy (non-hydrogen) atoms. The van der Waals surface area contributed by atoms with Crippen molar-refractivity contribution in [3.63, 3.8) is 0 Å². The summed E-state index contributed by atoms with van der Waals surface area (Å²) in [6.45, 7) is 6.74. The van der Waals surface area contributed by atoms with Crippen LogP contribution in [0.5, 0.6) is 5.75 Å². The number of hydrogen-bond acceptors (Lipinski definition) is 6. The molecular formula is C27H33N5O3. The number of carbonyl (C=O) groups excluding carboxylic acids is 1. The van der Waals surface area contributed by atoms with Crippen LogP contribution < -0.4 is 10.3 Å². The maximum absolute atomic E-state index is 12.7. The van der Waals surface area contributed by atoms with Crippen molar-refractivity contribution in [2.24, 2.45) is 0 Å². The summed E-state index contributed by atoms with van der Waals surface area (Å²) in [5.74, 6) is 1.17. The summed E-state index contributed by atoms with van der Waals surface area (Å²) in [6, 6.07) is 17.8. The molecule has 0 atom stereocenters. The van der Waals surface area contributed by atoms with Crippen molar-refractivity contribution in [3.05, 3.63) is 76.2 Å². The van der Waals surface area contributed by atoms with E-state index < -0.39 is 0 Å². The van der Waals surface area contributed by atoms with E-state index in [2.05, 4.69) is 39.1 Å². The van der Waals surface area contributed by atoms with Crippen LogP contribution in [0, 0.1) is 0 Å². The molecule has 1 aliphatic rings. The fourth-order valence-corrected chi connectivity index (χ4v) is 4.10. The molecule has 0 bridgehead atoms. The van der Waals surface area contributed by atoms with Crippen molar-refractivity contribution in [1.82, 2.24) is 25.0 Å². The first-order chi connectivity index (χ1) is 17.1. The van der Waals surface area contributed by atoms with Crippen molar-refractivity contribution in [2.45, 2.75) is 39.2 Å². The van der Waals surface area contributed by atoms with Gasteiger partial charge in [0.05, 0.1) is 6.61 Å². The Kier molecular flexibility index (Phi) is 8.62. The molecule has 1 fully saturated rings. The van der Waals surface area contributed by atoms with E-state index >= 15 is 0 Å². The summed E-state index contributed by atoms with van der Waals surface area (Å²) in [4.78, 5) is 32.3. The highest BCUT2D eigenvalue weighted by molar-refractivity contribution is 5.76. The molecule has 1 amide bonds. The number of H-pyrrole nitrogens is 1. The van der Waals surface area contributed by atoms with Gasteiger partial charge in [0.2, 0.25) is 5.91 Å². The largest absolute Gasteiger partial charge is 0.494 e. The van der Waals surface area contributed by atoms with Gasteiger partial charge in [-0.05, 0) is 24.1 Å². The Morgan fingerprint density at radius 2 is 1.83 bits per heavy atom. The number of nitrogens with zero attached hydrogens (tertiary/aromatic N) is 4. The highest BCUT2D eigenvalue weighted by Crippen LogP contribution is 2.20. The zero-order valence-corrected chi connectivity index (χ0v) is 20.3. The van der Waals surface area contributed by atoms with E-state index in [9.17, 15) is 9.59 Å². The number of aromatic nitrogens is 3. The third-order valence-electron chi connectivity index (χ3n) is 6.19. The average molecular weight is 476 g/mol. The molecule has 1 N–H and O–H groups in total. The lowest BCUT2D eigenvalue weighted by molar-refractivity contribution is -0.133. The molecule has 3 aromatic rings. The Bertz CT molecular complexity index is 1160. The van der Waals surface area contributed by atoms with Crippen LogP contribution in [-0.4, -0.2) is 63.7 Å². The van der Waals surface area contributed by atoms with Gasteiger partial charge >= 0.3 is 0 Å². The molecule has 8 nitrogen and oxygen atoms in total. The maximum Gasteiger partial charge on any atom is 0.273 e. The van der Waals surface area contributed by atoms with E-state index in [-0.39, 0.29) is 30.0 Å². The van der Waals surface area contributed by atoms with Gasteiger partial charge in [-0.3, -0.25) is 14.5 Å². The first-order valence-electron chi connectivity index (χ1n) is 12.4. The number of hydrogen-bond donors (Lipinski definition) is 1. The minimum atomic E-state index is -0.312. The zero-order chi connectivity index (χ0) is 24.5. The minimum absolute atomic E-state index is 0.0477. The number of piperazine rings is 1. The molecule has 0 unspecified atom stereocenters. The maximum atomic E-state index is 12.7. The summed E-state index contributed by atoms with van der Waals surface area (Å²) < 4.78 is 5.74. The van der Waals surface area contributed by atoms with Gasteiger partial charge in [0.1, 0.15) is 11.4 Å². The Labute approximate surface area is 206 Å². The first-order valence-corrected chi connectivity index (χ1v) is 12.4. The van der Waals surface area contributed by atoms with Gasteiger partial charge in [-0.1, -0.05) is 55.8 Å². The van der Waals surface area contributed by atoms with Gasteiger partial charge in [-0.2, -0.15) is 0 Å². The zero-order valence-electron chi connectivity index (χ0n) is 20.3. The Morgan fingerprint density at radius 1 is 1.03 bits per heavy atom. The van der Waals surface area contributed by atoms with Crippen LogP contribution in [0.4, 0.5) is 0 Å². The lowest BCUT2D eigenvalue weighted by atomic mass is 10.1.